The molecule has 1 amide bonds. The van der Waals surface area contributed by atoms with Crippen LogP contribution in [0.3, 0.4) is 0 Å². The molecule has 2 rings (SSSR count). The number of alkyl halides is 3. The van der Waals surface area contributed by atoms with E-state index in [1.165, 1.54) is 24.3 Å². The van der Waals surface area contributed by atoms with Crippen LogP contribution in [0.2, 0.25) is 5.02 Å². The molecule has 0 radical (unpaired) electrons. The molecule has 0 aliphatic carbocycles. The molecule has 4 N–H and O–H groups in total. The van der Waals surface area contributed by atoms with Crippen molar-refractivity contribution in [3.05, 3.63) is 52.7 Å². The third-order valence-electron chi connectivity index (χ3n) is 3.33. The Morgan fingerprint density at radius 2 is 1.81 bits per heavy atom. The van der Waals surface area contributed by atoms with E-state index < -0.39 is 27.7 Å². The minimum atomic E-state index is -4.56. The predicted molar refractivity (Wildman–Crippen MR) is 92.9 cm³/mol. The van der Waals surface area contributed by atoms with Gasteiger partial charge in [-0.05, 0) is 30.3 Å². The molecule has 0 saturated carbocycles. The minimum Gasteiger partial charge on any atom is -0.368 e. The number of carbonyl (C=O) groups is 1. The fourth-order valence-corrected chi connectivity index (χ4v) is 3.24. The lowest BCUT2D eigenvalue weighted by Gasteiger charge is -2.11. The Morgan fingerprint density at radius 1 is 1.19 bits per heavy atom. The van der Waals surface area contributed by atoms with Crippen LogP contribution in [-0.2, 0) is 16.2 Å². The van der Waals surface area contributed by atoms with Crippen LogP contribution in [-0.4, -0.2) is 32.4 Å². The summed E-state index contributed by atoms with van der Waals surface area (Å²) >= 11 is 5.74. The summed E-state index contributed by atoms with van der Waals surface area (Å²) in [6, 6.07) is 5.73. The van der Waals surface area contributed by atoms with Crippen LogP contribution in [0.25, 0.3) is 0 Å². The maximum absolute atomic E-state index is 12.5. The van der Waals surface area contributed by atoms with Gasteiger partial charge in [0.25, 0.3) is 0 Å². The number of nitrogens with two attached hydrogens (primary N) is 1. The first-order valence-corrected chi connectivity index (χ1v) is 9.23. The number of carbonyl (C=O) groups excluding carboxylic acids is 1. The highest BCUT2D eigenvalue weighted by molar-refractivity contribution is 7.89. The molecule has 0 atom stereocenters. The monoisotopic (exact) mass is 422 g/mol. The van der Waals surface area contributed by atoms with Crippen LogP contribution in [0.15, 0.2) is 41.4 Å². The highest BCUT2D eigenvalue weighted by Crippen LogP contribution is 2.32. The first-order valence-electron chi connectivity index (χ1n) is 7.37. The van der Waals surface area contributed by atoms with Crippen molar-refractivity contribution < 1.29 is 26.4 Å². The van der Waals surface area contributed by atoms with Crippen molar-refractivity contribution in [2.24, 2.45) is 5.73 Å². The van der Waals surface area contributed by atoms with Crippen molar-refractivity contribution in [2.75, 3.05) is 18.4 Å². The van der Waals surface area contributed by atoms with Crippen LogP contribution >= 0.6 is 11.6 Å². The number of rotatable bonds is 7. The Hall–Kier alpha value is -2.37. The van der Waals surface area contributed by atoms with Gasteiger partial charge in [0.2, 0.25) is 15.9 Å². The summed E-state index contributed by atoms with van der Waals surface area (Å²) < 4.78 is 64.2. The third kappa shape index (κ3) is 5.55. The summed E-state index contributed by atoms with van der Waals surface area (Å²) in [6.45, 7) is -0.0599. The lowest BCUT2D eigenvalue weighted by molar-refractivity contribution is -0.137. The highest BCUT2D eigenvalue weighted by Gasteiger charge is 2.31. The molecule has 27 heavy (non-hydrogen) atoms. The maximum atomic E-state index is 12.5. The number of hydrogen-bond acceptors (Lipinski definition) is 5. The van der Waals surface area contributed by atoms with E-state index in [9.17, 15) is 26.4 Å². The Labute approximate surface area is 157 Å². The topological polar surface area (TPSA) is 114 Å². The zero-order valence-electron chi connectivity index (χ0n) is 13.5. The molecule has 146 valence electrons. The first kappa shape index (κ1) is 20.9. The number of primary amides is 1. The fourth-order valence-electron chi connectivity index (χ4n) is 1.97. The lowest BCUT2D eigenvalue weighted by atomic mass is 10.2. The number of aromatic nitrogens is 1. The molecule has 0 unspecified atom stereocenters. The quantitative estimate of drug-likeness (QED) is 0.592. The normalized spacial score (nSPS) is 12.0. The van der Waals surface area contributed by atoms with Crippen molar-refractivity contribution >= 4 is 33.3 Å². The average Bonchev–Trinajstić information content (AvgIpc) is 2.59. The first-order chi connectivity index (χ1) is 12.5. The Balaban J connectivity index is 1.93. The van der Waals surface area contributed by atoms with Gasteiger partial charge < -0.3 is 11.1 Å². The molecule has 0 fully saturated rings. The number of halogens is 4. The van der Waals surface area contributed by atoms with Crippen molar-refractivity contribution in [2.45, 2.75) is 11.1 Å². The number of nitrogens with one attached hydrogen (secondary N) is 2. The number of benzene rings is 1. The summed E-state index contributed by atoms with van der Waals surface area (Å²) in [5.74, 6) is -0.688. The fraction of sp³-hybridized carbons (Fsp3) is 0.200. The van der Waals surface area contributed by atoms with E-state index in [2.05, 4.69) is 15.0 Å². The van der Waals surface area contributed by atoms with E-state index in [1.807, 2.05) is 0 Å². The predicted octanol–water partition coefficient (Wildman–Crippen LogP) is 2.24. The van der Waals surface area contributed by atoms with E-state index in [4.69, 9.17) is 17.3 Å². The van der Waals surface area contributed by atoms with Gasteiger partial charge in [-0.2, -0.15) is 13.2 Å². The molecule has 7 nitrogen and oxygen atoms in total. The van der Waals surface area contributed by atoms with Crippen LogP contribution in [0.4, 0.5) is 19.0 Å². The number of nitrogens with zero attached hydrogens (tertiary/aromatic N) is 1. The van der Waals surface area contributed by atoms with Crippen LogP contribution in [0, 0.1) is 0 Å². The van der Waals surface area contributed by atoms with Gasteiger partial charge >= 0.3 is 6.18 Å². The van der Waals surface area contributed by atoms with Crippen molar-refractivity contribution in [1.82, 2.24) is 9.71 Å². The number of pyridine rings is 1. The Bertz CT molecular complexity index is 934. The molecule has 1 heterocycles. The molecule has 1 aromatic carbocycles. The van der Waals surface area contributed by atoms with E-state index >= 15 is 0 Å². The van der Waals surface area contributed by atoms with E-state index in [0.717, 1.165) is 6.07 Å². The largest absolute Gasteiger partial charge is 0.417 e. The summed E-state index contributed by atoms with van der Waals surface area (Å²) in [7, 11) is -3.84. The number of sulfonamides is 1. The van der Waals surface area contributed by atoms with Crippen LogP contribution < -0.4 is 15.8 Å². The molecule has 0 spiro atoms. The zero-order chi connectivity index (χ0) is 20.2. The summed E-state index contributed by atoms with van der Waals surface area (Å²) in [4.78, 5) is 14.5. The average molecular weight is 423 g/mol. The van der Waals surface area contributed by atoms with Gasteiger partial charge in [-0.3, -0.25) is 4.79 Å². The molecule has 12 heteroatoms. The van der Waals surface area contributed by atoms with Gasteiger partial charge in [-0.15, -0.1) is 0 Å². The molecule has 2 aromatic rings. The molecular formula is C15H14ClF3N4O3S. The highest BCUT2D eigenvalue weighted by atomic mass is 35.5. The van der Waals surface area contributed by atoms with Gasteiger partial charge in [0.15, 0.2) is 0 Å². The molecule has 0 saturated heterocycles. The second kappa shape index (κ2) is 8.11. The second-order valence-corrected chi connectivity index (χ2v) is 7.44. The lowest BCUT2D eigenvalue weighted by Crippen LogP contribution is -2.29. The Kier molecular flexibility index (Phi) is 6.29. The van der Waals surface area contributed by atoms with Gasteiger partial charge in [0.1, 0.15) is 5.82 Å². The third-order valence-corrected chi connectivity index (χ3v) is 5.09. The summed E-state index contributed by atoms with van der Waals surface area (Å²) in [6.07, 6.45) is -3.94. The van der Waals surface area contributed by atoms with E-state index in [-0.39, 0.29) is 34.4 Å². The smallest absolute Gasteiger partial charge is 0.368 e. The summed E-state index contributed by atoms with van der Waals surface area (Å²) in [5.41, 5.74) is 4.26. The van der Waals surface area contributed by atoms with Crippen molar-refractivity contribution in [1.29, 1.82) is 0 Å². The number of hydrogen-bond donors (Lipinski definition) is 3. The van der Waals surface area contributed by atoms with Crippen LogP contribution in [0.1, 0.15) is 15.9 Å². The van der Waals surface area contributed by atoms with Crippen molar-refractivity contribution in [3.63, 3.8) is 0 Å². The SMILES string of the molecule is NC(=O)c1ccc(S(=O)(=O)NCCNc2ncc(C(F)(F)F)cc2Cl)cc1. The van der Waals surface area contributed by atoms with E-state index in [1.54, 1.807) is 0 Å². The minimum absolute atomic E-state index is 0.00493. The molecule has 0 aliphatic heterocycles. The van der Waals surface area contributed by atoms with Crippen LogP contribution in [0.5, 0.6) is 0 Å². The Morgan fingerprint density at radius 3 is 2.33 bits per heavy atom. The standard InChI is InChI=1S/C15H14ClF3N4O3S/c16-12-7-10(15(17,18)19)8-22-14(12)21-5-6-23-27(25,26)11-3-1-9(2-4-11)13(20)24/h1-4,7-8,23H,5-6H2,(H2,20,24)(H,21,22). The molecular weight excluding hydrogens is 409 g/mol. The zero-order valence-corrected chi connectivity index (χ0v) is 15.1. The van der Waals surface area contributed by atoms with Gasteiger partial charge in [-0.1, -0.05) is 11.6 Å². The van der Waals surface area contributed by atoms with Crippen molar-refractivity contribution in [3.8, 4) is 0 Å². The summed E-state index contributed by atoms with van der Waals surface area (Å²) in [5, 5.41) is 2.40. The number of amides is 1. The van der Waals surface area contributed by atoms with Gasteiger partial charge in [-0.25, -0.2) is 18.1 Å². The van der Waals surface area contributed by atoms with Gasteiger partial charge in [0.05, 0.1) is 15.5 Å². The second-order valence-electron chi connectivity index (χ2n) is 5.27. The molecule has 0 bridgehead atoms. The molecule has 0 aliphatic rings. The molecule has 1 aromatic heterocycles. The van der Waals surface area contributed by atoms with Gasteiger partial charge in [0, 0.05) is 24.8 Å². The maximum Gasteiger partial charge on any atom is 0.417 e. The number of anilines is 1. The van der Waals surface area contributed by atoms with E-state index in [0.29, 0.717) is 6.20 Å².